The Bertz CT molecular complexity index is 1820. The molecule has 228 valence electrons. The van der Waals surface area contributed by atoms with Crippen molar-refractivity contribution in [2.75, 3.05) is 19.4 Å². The Morgan fingerprint density at radius 1 is 1.09 bits per heavy atom. The molecule has 1 aromatic carbocycles. The largest absolute Gasteiger partial charge is 0.325 e. The lowest BCUT2D eigenvalue weighted by Gasteiger charge is -2.27. The van der Waals surface area contributed by atoms with E-state index in [2.05, 4.69) is 32.3 Å². The van der Waals surface area contributed by atoms with E-state index in [1.54, 1.807) is 28.0 Å². The molecule has 2 fully saturated rings. The van der Waals surface area contributed by atoms with Gasteiger partial charge >= 0.3 is 0 Å². The number of benzene rings is 1. The van der Waals surface area contributed by atoms with E-state index in [1.165, 1.54) is 6.92 Å². The van der Waals surface area contributed by atoms with Gasteiger partial charge in [-0.15, -0.1) is 0 Å². The monoisotopic (exact) mass is 614 g/mol. The molecule has 4 heterocycles. The van der Waals surface area contributed by atoms with Crippen LogP contribution in [0.5, 0.6) is 0 Å². The van der Waals surface area contributed by atoms with Gasteiger partial charge < -0.3 is 15.1 Å². The lowest BCUT2D eigenvalue weighted by atomic mass is 10.0. The molecule has 6 rings (SSSR count). The molecule has 1 saturated heterocycles. The number of pyridine rings is 1. The Hall–Kier alpha value is -4.22. The molecule has 2 amide bonds. The van der Waals surface area contributed by atoms with Crippen LogP contribution in [0.4, 0.5) is 5.82 Å². The van der Waals surface area contributed by atoms with Gasteiger partial charge in [0.15, 0.2) is 5.78 Å². The van der Waals surface area contributed by atoms with Crippen LogP contribution in [0.15, 0.2) is 36.7 Å². The Labute approximate surface area is 260 Å². The first-order chi connectivity index (χ1) is 20.8. The molecular weight excluding hydrogens is 580 g/mol. The number of anilines is 1. The van der Waals surface area contributed by atoms with Gasteiger partial charge in [-0.25, -0.2) is 15.0 Å². The number of nitrogens with one attached hydrogen (secondary N) is 1. The van der Waals surface area contributed by atoms with Crippen molar-refractivity contribution in [3.8, 4) is 11.1 Å². The fourth-order valence-electron chi connectivity index (χ4n) is 6.42. The van der Waals surface area contributed by atoms with Crippen molar-refractivity contribution in [1.29, 1.82) is 0 Å². The fourth-order valence-corrected chi connectivity index (χ4v) is 6.57. The van der Waals surface area contributed by atoms with Crippen LogP contribution in [-0.2, 0) is 22.7 Å². The van der Waals surface area contributed by atoms with Crippen LogP contribution in [0.25, 0.3) is 22.0 Å². The SMILES string of the molecule is CC(=O)c1nn(CC(=O)N2C3C[C@]3(C)C[C@H]2C(=O)Nc2nc(Cl)ccc2CN(C)C)c2c(C)cc(-c3cnc(C)nc3)cc12. The number of aromatic nitrogens is 5. The lowest BCUT2D eigenvalue weighted by Crippen LogP contribution is -2.47. The average Bonchev–Trinajstić information content (AvgIpc) is 3.31. The van der Waals surface area contributed by atoms with Crippen LogP contribution >= 0.6 is 11.6 Å². The normalized spacial score (nSPS) is 20.7. The van der Waals surface area contributed by atoms with E-state index in [0.717, 1.165) is 28.7 Å². The minimum absolute atomic E-state index is 0.0392. The fraction of sp³-hybridized carbons (Fsp3) is 0.406. The third kappa shape index (κ3) is 5.46. The Morgan fingerprint density at radius 2 is 1.82 bits per heavy atom. The van der Waals surface area contributed by atoms with E-state index in [1.807, 2.05) is 51.0 Å². The van der Waals surface area contributed by atoms with Gasteiger partial charge in [0.05, 0.1) is 5.52 Å². The van der Waals surface area contributed by atoms with Crippen LogP contribution in [0, 0.1) is 19.3 Å². The lowest BCUT2D eigenvalue weighted by molar-refractivity contribution is -0.138. The number of fused-ring (bicyclic) bond motifs is 2. The number of piperidine rings is 1. The zero-order valence-corrected chi connectivity index (χ0v) is 26.4. The molecule has 44 heavy (non-hydrogen) atoms. The first-order valence-electron chi connectivity index (χ1n) is 14.6. The molecule has 0 radical (unpaired) electrons. The summed E-state index contributed by atoms with van der Waals surface area (Å²) in [6.07, 6.45) is 4.89. The summed E-state index contributed by atoms with van der Waals surface area (Å²) in [5.74, 6) is 0.342. The molecule has 1 aliphatic heterocycles. The van der Waals surface area contributed by atoms with Crippen LogP contribution in [0.3, 0.4) is 0 Å². The maximum atomic E-state index is 14.0. The summed E-state index contributed by atoms with van der Waals surface area (Å²) in [4.78, 5) is 57.1. The summed E-state index contributed by atoms with van der Waals surface area (Å²) in [6, 6.07) is 6.72. The molecule has 12 heteroatoms. The van der Waals surface area contributed by atoms with Crippen LogP contribution in [0.1, 0.15) is 54.1 Å². The Morgan fingerprint density at radius 3 is 2.50 bits per heavy atom. The Balaban J connectivity index is 1.30. The number of hydrogen-bond donors (Lipinski definition) is 1. The van der Waals surface area contributed by atoms with E-state index in [0.29, 0.717) is 41.2 Å². The van der Waals surface area contributed by atoms with Gasteiger partial charge in [0.2, 0.25) is 11.8 Å². The zero-order chi connectivity index (χ0) is 31.5. The highest BCUT2D eigenvalue weighted by Crippen LogP contribution is 2.59. The van der Waals surface area contributed by atoms with Crippen molar-refractivity contribution in [2.45, 2.75) is 65.7 Å². The maximum absolute atomic E-state index is 14.0. The molecule has 1 aliphatic carbocycles. The number of ketones is 1. The molecule has 1 unspecified atom stereocenters. The van der Waals surface area contributed by atoms with E-state index in [4.69, 9.17) is 11.6 Å². The molecule has 11 nitrogen and oxygen atoms in total. The summed E-state index contributed by atoms with van der Waals surface area (Å²) in [5, 5.41) is 8.50. The average molecular weight is 615 g/mol. The number of Topliss-reactive ketones (excluding diaryl/α,β-unsaturated/α-hetero) is 1. The second kappa shape index (κ2) is 11.0. The minimum Gasteiger partial charge on any atom is -0.325 e. The number of likely N-dealkylation sites (tertiary alicyclic amines) is 1. The van der Waals surface area contributed by atoms with Crippen molar-refractivity contribution in [3.05, 3.63) is 64.5 Å². The topological polar surface area (TPSA) is 126 Å². The Kier molecular flexibility index (Phi) is 7.49. The molecule has 2 aliphatic rings. The van der Waals surface area contributed by atoms with E-state index < -0.39 is 6.04 Å². The van der Waals surface area contributed by atoms with Gasteiger partial charge in [0.1, 0.15) is 35.1 Å². The van der Waals surface area contributed by atoms with E-state index >= 15 is 0 Å². The molecule has 1 saturated carbocycles. The van der Waals surface area contributed by atoms with Crippen molar-refractivity contribution in [2.24, 2.45) is 5.41 Å². The number of hydrogen-bond acceptors (Lipinski definition) is 8. The molecule has 1 N–H and O–H groups in total. The van der Waals surface area contributed by atoms with E-state index in [-0.39, 0.29) is 40.8 Å². The number of rotatable bonds is 8. The molecule has 3 atom stereocenters. The third-order valence-electron chi connectivity index (χ3n) is 8.67. The summed E-state index contributed by atoms with van der Waals surface area (Å²) in [5.41, 5.74) is 4.24. The molecule has 4 aromatic rings. The highest BCUT2D eigenvalue weighted by molar-refractivity contribution is 6.29. The zero-order valence-electron chi connectivity index (χ0n) is 25.7. The van der Waals surface area contributed by atoms with Crippen LogP contribution in [-0.4, -0.2) is 78.3 Å². The summed E-state index contributed by atoms with van der Waals surface area (Å²) in [7, 11) is 3.86. The predicted molar refractivity (Wildman–Crippen MR) is 167 cm³/mol. The maximum Gasteiger partial charge on any atom is 0.248 e. The highest BCUT2D eigenvalue weighted by Gasteiger charge is 2.64. The third-order valence-corrected chi connectivity index (χ3v) is 8.88. The number of nitrogens with zero attached hydrogens (tertiary/aromatic N) is 7. The minimum atomic E-state index is -0.664. The van der Waals surface area contributed by atoms with Crippen LogP contribution in [0.2, 0.25) is 5.15 Å². The standard InChI is InChI=1S/C32H35ClN8O3/c1-17-9-21(22-13-34-19(3)35-14-22)10-23-28(18(2)42)38-40(29(17)23)16-27(43)41-24(11-32(4)12-25(32)41)31(44)37-30-20(15-39(5)6)7-8-26(33)36-30/h7-10,13-14,24-25H,11-12,15-16H2,1-6H3,(H,36,37,44)/t24-,25?,32-/m0/s1. The van der Waals surface area contributed by atoms with Gasteiger partial charge in [-0.05, 0) is 75.5 Å². The number of amides is 2. The molecule has 0 bridgehead atoms. The first-order valence-corrected chi connectivity index (χ1v) is 15.0. The highest BCUT2D eigenvalue weighted by atomic mass is 35.5. The molecular formula is C32H35ClN8O3. The molecule has 0 spiro atoms. The van der Waals surface area contributed by atoms with Crippen molar-refractivity contribution < 1.29 is 14.4 Å². The summed E-state index contributed by atoms with van der Waals surface area (Å²) < 4.78 is 1.60. The molecule has 3 aromatic heterocycles. The number of carbonyl (C=O) groups is 3. The first kappa shape index (κ1) is 29.8. The quantitative estimate of drug-likeness (QED) is 0.228. The van der Waals surface area contributed by atoms with Crippen molar-refractivity contribution in [3.63, 3.8) is 0 Å². The number of aryl methyl sites for hydroxylation is 2. The summed E-state index contributed by atoms with van der Waals surface area (Å²) in [6.45, 7) is 7.79. The van der Waals surface area contributed by atoms with Gasteiger partial charge in [-0.1, -0.05) is 24.6 Å². The van der Waals surface area contributed by atoms with E-state index in [9.17, 15) is 14.4 Å². The predicted octanol–water partition coefficient (Wildman–Crippen LogP) is 4.44. The summed E-state index contributed by atoms with van der Waals surface area (Å²) >= 11 is 6.17. The second-order valence-electron chi connectivity index (χ2n) is 12.5. The number of carbonyl (C=O) groups excluding carboxylic acids is 3. The van der Waals surface area contributed by atoms with Gasteiger partial charge in [-0.2, -0.15) is 5.10 Å². The van der Waals surface area contributed by atoms with Crippen molar-refractivity contribution in [1.82, 2.24) is 34.5 Å². The second-order valence-corrected chi connectivity index (χ2v) is 12.9. The smallest absolute Gasteiger partial charge is 0.248 e. The van der Waals surface area contributed by atoms with Gasteiger partial charge in [-0.3, -0.25) is 19.1 Å². The van der Waals surface area contributed by atoms with Crippen molar-refractivity contribution >= 4 is 45.9 Å². The number of halogens is 1. The van der Waals surface area contributed by atoms with Crippen LogP contribution < -0.4 is 5.32 Å². The van der Waals surface area contributed by atoms with Gasteiger partial charge in [0.25, 0.3) is 0 Å². The van der Waals surface area contributed by atoms with Gasteiger partial charge in [0, 0.05) is 48.4 Å².